The summed E-state index contributed by atoms with van der Waals surface area (Å²) in [6.07, 6.45) is 1.53. The smallest absolute Gasteiger partial charge is 0.204 e. The molecule has 2 atom stereocenters. The van der Waals surface area contributed by atoms with Crippen molar-refractivity contribution in [2.45, 2.75) is 38.0 Å². The van der Waals surface area contributed by atoms with Gasteiger partial charge in [0.2, 0.25) is 5.82 Å². The van der Waals surface area contributed by atoms with Crippen LogP contribution in [0.4, 0.5) is 5.69 Å². The number of hydrogen-bond donors (Lipinski definition) is 3. The molecule has 0 bridgehead atoms. The number of fused-ring (bicyclic) bond motifs is 1. The van der Waals surface area contributed by atoms with Gasteiger partial charge in [-0.05, 0) is 61.0 Å². The highest BCUT2D eigenvalue weighted by molar-refractivity contribution is 5.62. The third-order valence-corrected chi connectivity index (χ3v) is 5.62. The van der Waals surface area contributed by atoms with Crippen LogP contribution in [-0.2, 0) is 6.42 Å². The van der Waals surface area contributed by atoms with Gasteiger partial charge in [-0.1, -0.05) is 18.2 Å². The molecule has 0 spiro atoms. The molecule has 0 saturated heterocycles. The van der Waals surface area contributed by atoms with Crippen LogP contribution in [0.25, 0.3) is 11.4 Å². The van der Waals surface area contributed by atoms with Gasteiger partial charge in [0.15, 0.2) is 0 Å². The Kier molecular flexibility index (Phi) is 4.71. The first kappa shape index (κ1) is 19.3. The van der Waals surface area contributed by atoms with Gasteiger partial charge in [-0.25, -0.2) is 0 Å². The SMILES string of the molecule is CC1(C)Oc2ccc(-c3nn[nH]n3)cc2[C@H](Nc2ccccc2Cc2ccco2)[C@H]1O. The number of nitrogens with one attached hydrogen (secondary N) is 2. The molecular formula is C23H23N5O3. The normalized spacial score (nSPS) is 19.5. The number of ether oxygens (including phenoxy) is 1. The number of furan rings is 1. The van der Waals surface area contributed by atoms with Crippen molar-refractivity contribution in [2.75, 3.05) is 5.32 Å². The van der Waals surface area contributed by atoms with E-state index in [2.05, 4.69) is 32.0 Å². The van der Waals surface area contributed by atoms with Crippen molar-refractivity contribution in [1.82, 2.24) is 20.6 Å². The highest BCUT2D eigenvalue weighted by atomic mass is 16.5. The molecular weight excluding hydrogens is 394 g/mol. The summed E-state index contributed by atoms with van der Waals surface area (Å²) in [6, 6.07) is 17.2. The van der Waals surface area contributed by atoms with Gasteiger partial charge in [-0.2, -0.15) is 5.21 Å². The van der Waals surface area contributed by atoms with Crippen molar-refractivity contribution in [1.29, 1.82) is 0 Å². The third kappa shape index (κ3) is 3.66. The first-order chi connectivity index (χ1) is 15.0. The summed E-state index contributed by atoms with van der Waals surface area (Å²) in [5.41, 5.74) is 2.86. The molecule has 0 fully saturated rings. The molecule has 3 heterocycles. The third-order valence-electron chi connectivity index (χ3n) is 5.62. The van der Waals surface area contributed by atoms with Crippen LogP contribution < -0.4 is 10.1 Å². The number of aromatic amines is 1. The Labute approximate surface area is 179 Å². The van der Waals surface area contributed by atoms with Crippen LogP contribution in [0.15, 0.2) is 65.3 Å². The van der Waals surface area contributed by atoms with Crippen molar-refractivity contribution >= 4 is 5.69 Å². The topological polar surface area (TPSA) is 109 Å². The van der Waals surface area contributed by atoms with E-state index in [9.17, 15) is 5.11 Å². The quantitative estimate of drug-likeness (QED) is 0.454. The molecule has 31 heavy (non-hydrogen) atoms. The number of tetrazole rings is 1. The van der Waals surface area contributed by atoms with Gasteiger partial charge >= 0.3 is 0 Å². The Hall–Kier alpha value is -3.65. The van der Waals surface area contributed by atoms with E-state index in [0.29, 0.717) is 18.0 Å². The van der Waals surface area contributed by atoms with E-state index in [1.165, 1.54) is 0 Å². The molecule has 0 radical (unpaired) electrons. The van der Waals surface area contributed by atoms with Gasteiger partial charge in [-0.3, -0.25) is 0 Å². The fraction of sp³-hybridized carbons (Fsp3) is 0.261. The highest BCUT2D eigenvalue weighted by Gasteiger charge is 2.43. The van der Waals surface area contributed by atoms with Crippen LogP contribution in [-0.4, -0.2) is 37.4 Å². The minimum absolute atomic E-state index is 0.400. The number of aliphatic hydroxyl groups is 1. The van der Waals surface area contributed by atoms with E-state index in [1.54, 1.807) is 6.26 Å². The first-order valence-corrected chi connectivity index (χ1v) is 10.1. The maximum Gasteiger partial charge on any atom is 0.204 e. The number of rotatable bonds is 5. The lowest BCUT2D eigenvalue weighted by Crippen LogP contribution is -2.50. The molecule has 158 valence electrons. The standard InChI is InChI=1S/C23H23N5O3/c1-23(2)21(29)20(17-13-15(9-10-19(17)31-23)22-25-27-28-26-22)24-18-8-4-3-6-14(18)12-16-7-5-11-30-16/h3-11,13,20-21,24,29H,12H2,1-2H3,(H,25,26,27,28)/t20-,21+/m0/s1. The lowest BCUT2D eigenvalue weighted by Gasteiger charge is -2.43. The summed E-state index contributed by atoms with van der Waals surface area (Å²) in [7, 11) is 0. The Bertz CT molecular complexity index is 1170. The molecule has 0 unspecified atom stereocenters. The number of aromatic nitrogens is 4. The second-order valence-corrected chi connectivity index (χ2v) is 8.17. The van der Waals surface area contributed by atoms with Crippen molar-refractivity contribution < 1.29 is 14.3 Å². The number of hydrogen-bond acceptors (Lipinski definition) is 7. The molecule has 4 aromatic rings. The van der Waals surface area contributed by atoms with Crippen LogP contribution in [0.3, 0.4) is 0 Å². The molecule has 0 aliphatic carbocycles. The molecule has 1 aliphatic heterocycles. The minimum Gasteiger partial charge on any atom is -0.485 e. The fourth-order valence-electron chi connectivity index (χ4n) is 3.96. The average molecular weight is 417 g/mol. The van der Waals surface area contributed by atoms with E-state index < -0.39 is 17.7 Å². The molecule has 5 rings (SSSR count). The summed E-state index contributed by atoms with van der Waals surface area (Å²) in [5, 5.41) is 29.0. The number of nitrogens with zero attached hydrogens (tertiary/aromatic N) is 3. The second-order valence-electron chi connectivity index (χ2n) is 8.17. The van der Waals surface area contributed by atoms with Crippen LogP contribution in [0.1, 0.15) is 36.8 Å². The van der Waals surface area contributed by atoms with Crippen LogP contribution in [0.2, 0.25) is 0 Å². The molecule has 8 heteroatoms. The zero-order valence-corrected chi connectivity index (χ0v) is 17.2. The Morgan fingerprint density at radius 2 is 2.00 bits per heavy atom. The Morgan fingerprint density at radius 1 is 1.13 bits per heavy atom. The van der Waals surface area contributed by atoms with Gasteiger partial charge in [0.05, 0.1) is 12.3 Å². The lowest BCUT2D eigenvalue weighted by atomic mass is 9.85. The van der Waals surface area contributed by atoms with Crippen molar-refractivity contribution in [3.8, 4) is 17.1 Å². The molecule has 0 amide bonds. The molecule has 2 aromatic carbocycles. The Morgan fingerprint density at radius 3 is 2.77 bits per heavy atom. The van der Waals surface area contributed by atoms with Gasteiger partial charge in [0.25, 0.3) is 0 Å². The van der Waals surface area contributed by atoms with Crippen molar-refractivity contribution in [2.24, 2.45) is 0 Å². The number of aliphatic hydroxyl groups excluding tert-OH is 1. The summed E-state index contributed by atoms with van der Waals surface area (Å²) in [6.45, 7) is 3.77. The highest BCUT2D eigenvalue weighted by Crippen LogP contribution is 2.43. The predicted molar refractivity (Wildman–Crippen MR) is 115 cm³/mol. The predicted octanol–water partition coefficient (Wildman–Crippen LogP) is 3.74. The maximum absolute atomic E-state index is 11.2. The molecule has 2 aromatic heterocycles. The Balaban J connectivity index is 1.54. The van der Waals surface area contributed by atoms with E-state index in [-0.39, 0.29) is 0 Å². The number of anilines is 1. The van der Waals surface area contributed by atoms with Gasteiger partial charge in [0, 0.05) is 23.2 Å². The van der Waals surface area contributed by atoms with E-state index >= 15 is 0 Å². The monoisotopic (exact) mass is 417 g/mol. The van der Waals surface area contributed by atoms with E-state index in [1.807, 2.05) is 62.4 Å². The summed E-state index contributed by atoms with van der Waals surface area (Å²) in [4.78, 5) is 0. The molecule has 1 aliphatic rings. The summed E-state index contributed by atoms with van der Waals surface area (Å²) >= 11 is 0. The first-order valence-electron chi connectivity index (χ1n) is 10.1. The minimum atomic E-state index is -0.794. The van der Waals surface area contributed by atoms with Gasteiger partial charge in [-0.15, -0.1) is 10.2 Å². The number of H-pyrrole nitrogens is 1. The van der Waals surface area contributed by atoms with Crippen molar-refractivity contribution in [3.63, 3.8) is 0 Å². The largest absolute Gasteiger partial charge is 0.485 e. The number of benzene rings is 2. The average Bonchev–Trinajstić information content (AvgIpc) is 3.46. The second kappa shape index (κ2) is 7.55. The van der Waals surface area contributed by atoms with E-state index in [4.69, 9.17) is 9.15 Å². The fourth-order valence-corrected chi connectivity index (χ4v) is 3.96. The number of para-hydroxylation sites is 1. The van der Waals surface area contributed by atoms with E-state index in [0.717, 1.165) is 28.1 Å². The zero-order chi connectivity index (χ0) is 21.4. The van der Waals surface area contributed by atoms with Gasteiger partial charge in [0.1, 0.15) is 23.2 Å². The van der Waals surface area contributed by atoms with Gasteiger partial charge < -0.3 is 19.6 Å². The zero-order valence-electron chi connectivity index (χ0n) is 17.2. The van der Waals surface area contributed by atoms with Crippen molar-refractivity contribution in [3.05, 3.63) is 77.7 Å². The maximum atomic E-state index is 11.2. The molecule has 8 nitrogen and oxygen atoms in total. The summed E-state index contributed by atoms with van der Waals surface area (Å²) < 4.78 is 11.6. The summed E-state index contributed by atoms with van der Waals surface area (Å²) in [5.74, 6) is 2.07. The van der Waals surface area contributed by atoms with Crippen LogP contribution in [0.5, 0.6) is 5.75 Å². The lowest BCUT2D eigenvalue weighted by molar-refractivity contribution is -0.0532. The van der Waals surface area contributed by atoms with Crippen LogP contribution in [0, 0.1) is 0 Å². The molecule has 0 saturated carbocycles. The van der Waals surface area contributed by atoms with Crippen LogP contribution >= 0.6 is 0 Å². The molecule has 3 N–H and O–H groups in total.